The molecule has 2 N–H and O–H groups in total. The van der Waals surface area contributed by atoms with E-state index in [0.717, 1.165) is 33.5 Å². The van der Waals surface area contributed by atoms with Gasteiger partial charge in [0.05, 0.1) is 17.1 Å². The standard InChI is InChI=1S/C21H23BrN2O3/c1-14(15-8-10-18-16(13-15)9-11-21(26)24-18)23-20(25)7-4-12-27-19-6-3-2-5-17(19)22/h2-3,5-6,8,10,13-14H,4,7,9,11-12H2,1H3,(H,23,25)(H,24,26). The zero-order valence-electron chi connectivity index (χ0n) is 15.3. The van der Waals surface area contributed by atoms with Gasteiger partial charge in [-0.1, -0.05) is 24.3 Å². The van der Waals surface area contributed by atoms with Crippen LogP contribution in [0.15, 0.2) is 46.9 Å². The molecule has 5 nitrogen and oxygen atoms in total. The molecule has 2 amide bonds. The molecule has 1 aliphatic rings. The van der Waals surface area contributed by atoms with Gasteiger partial charge in [0.25, 0.3) is 0 Å². The third kappa shape index (κ3) is 5.32. The van der Waals surface area contributed by atoms with Crippen LogP contribution in [0.5, 0.6) is 5.75 Å². The van der Waals surface area contributed by atoms with Gasteiger partial charge in [0, 0.05) is 18.5 Å². The van der Waals surface area contributed by atoms with Crippen molar-refractivity contribution in [3.05, 3.63) is 58.1 Å². The number of carbonyl (C=O) groups is 2. The summed E-state index contributed by atoms with van der Waals surface area (Å²) in [4.78, 5) is 23.6. The van der Waals surface area contributed by atoms with Crippen molar-refractivity contribution < 1.29 is 14.3 Å². The number of aryl methyl sites for hydroxylation is 1. The first-order valence-electron chi connectivity index (χ1n) is 9.12. The summed E-state index contributed by atoms with van der Waals surface area (Å²) < 4.78 is 6.60. The van der Waals surface area contributed by atoms with Crippen LogP contribution in [-0.2, 0) is 16.0 Å². The minimum absolute atomic E-state index is 0.00394. The third-order valence-corrected chi connectivity index (χ3v) is 5.20. The minimum Gasteiger partial charge on any atom is -0.492 e. The summed E-state index contributed by atoms with van der Waals surface area (Å²) in [5.41, 5.74) is 3.04. The number of hydrogen-bond acceptors (Lipinski definition) is 3. The van der Waals surface area contributed by atoms with Crippen LogP contribution in [0.4, 0.5) is 5.69 Å². The molecule has 0 saturated heterocycles. The third-order valence-electron chi connectivity index (χ3n) is 4.54. The average Bonchev–Trinajstić information content (AvgIpc) is 2.66. The van der Waals surface area contributed by atoms with Crippen LogP contribution in [0.2, 0.25) is 0 Å². The van der Waals surface area contributed by atoms with Crippen molar-refractivity contribution in [1.29, 1.82) is 0 Å². The molecule has 27 heavy (non-hydrogen) atoms. The Bertz CT molecular complexity index is 838. The molecule has 0 radical (unpaired) electrons. The number of halogens is 1. The van der Waals surface area contributed by atoms with Gasteiger partial charge in [0.2, 0.25) is 11.8 Å². The number of fused-ring (bicyclic) bond motifs is 1. The fourth-order valence-corrected chi connectivity index (χ4v) is 3.45. The summed E-state index contributed by atoms with van der Waals surface area (Å²) in [6.45, 7) is 2.46. The average molecular weight is 431 g/mol. The second-order valence-electron chi connectivity index (χ2n) is 6.64. The molecule has 0 fully saturated rings. The van der Waals surface area contributed by atoms with Crippen LogP contribution >= 0.6 is 15.9 Å². The summed E-state index contributed by atoms with van der Waals surface area (Å²) in [6, 6.07) is 13.5. The fourth-order valence-electron chi connectivity index (χ4n) is 3.05. The van der Waals surface area contributed by atoms with Gasteiger partial charge in [-0.2, -0.15) is 0 Å². The maximum Gasteiger partial charge on any atom is 0.224 e. The maximum absolute atomic E-state index is 12.2. The van der Waals surface area contributed by atoms with Crippen molar-refractivity contribution in [3.8, 4) is 5.75 Å². The van der Waals surface area contributed by atoms with E-state index >= 15 is 0 Å². The second-order valence-corrected chi connectivity index (χ2v) is 7.49. The molecule has 2 aromatic carbocycles. The van der Waals surface area contributed by atoms with E-state index in [4.69, 9.17) is 4.74 Å². The number of ether oxygens (including phenoxy) is 1. The highest BCUT2D eigenvalue weighted by Crippen LogP contribution is 2.26. The second kappa shape index (κ2) is 9.04. The van der Waals surface area contributed by atoms with Gasteiger partial charge in [0.1, 0.15) is 5.75 Å². The van der Waals surface area contributed by atoms with Crippen LogP contribution in [0, 0.1) is 0 Å². The van der Waals surface area contributed by atoms with E-state index in [0.29, 0.717) is 25.9 Å². The van der Waals surface area contributed by atoms with Gasteiger partial charge in [0.15, 0.2) is 0 Å². The molecule has 142 valence electrons. The summed E-state index contributed by atoms with van der Waals surface area (Å²) >= 11 is 3.44. The Morgan fingerprint density at radius 1 is 1.26 bits per heavy atom. The first kappa shape index (κ1) is 19.4. The molecule has 0 spiro atoms. The number of nitrogens with one attached hydrogen (secondary N) is 2. The van der Waals surface area contributed by atoms with E-state index in [9.17, 15) is 9.59 Å². The van der Waals surface area contributed by atoms with Crippen molar-refractivity contribution in [2.24, 2.45) is 0 Å². The summed E-state index contributed by atoms with van der Waals surface area (Å²) in [7, 11) is 0. The molecule has 1 aliphatic heterocycles. The molecule has 3 rings (SSSR count). The molecular formula is C21H23BrN2O3. The van der Waals surface area contributed by atoms with Gasteiger partial charge in [-0.3, -0.25) is 9.59 Å². The van der Waals surface area contributed by atoms with Gasteiger partial charge < -0.3 is 15.4 Å². The smallest absolute Gasteiger partial charge is 0.224 e. The molecule has 1 unspecified atom stereocenters. The van der Waals surface area contributed by atoms with Gasteiger partial charge in [-0.15, -0.1) is 0 Å². The van der Waals surface area contributed by atoms with Crippen LogP contribution in [0.1, 0.15) is 43.4 Å². The summed E-state index contributed by atoms with van der Waals surface area (Å²) in [6.07, 6.45) is 2.31. The topological polar surface area (TPSA) is 67.4 Å². The van der Waals surface area contributed by atoms with Crippen LogP contribution in [0.25, 0.3) is 0 Å². The number of rotatable bonds is 7. The number of anilines is 1. The Morgan fingerprint density at radius 3 is 2.89 bits per heavy atom. The Balaban J connectivity index is 1.45. The normalized spacial score (nSPS) is 14.1. The van der Waals surface area contributed by atoms with E-state index < -0.39 is 0 Å². The molecule has 0 saturated carbocycles. The molecular weight excluding hydrogens is 408 g/mol. The van der Waals surface area contributed by atoms with Crippen molar-refractivity contribution in [2.75, 3.05) is 11.9 Å². The highest BCUT2D eigenvalue weighted by molar-refractivity contribution is 9.10. The lowest BCUT2D eigenvalue weighted by Gasteiger charge is -2.20. The molecule has 1 atom stereocenters. The Labute approximate surface area is 167 Å². The number of benzene rings is 2. The summed E-state index contributed by atoms with van der Waals surface area (Å²) in [5, 5.41) is 5.91. The molecule has 1 heterocycles. The predicted octanol–water partition coefficient (Wildman–Crippen LogP) is 4.37. The van der Waals surface area contributed by atoms with Gasteiger partial charge >= 0.3 is 0 Å². The van der Waals surface area contributed by atoms with E-state index in [-0.39, 0.29) is 17.9 Å². The Morgan fingerprint density at radius 2 is 2.07 bits per heavy atom. The number of amides is 2. The van der Waals surface area contributed by atoms with Crippen LogP contribution in [0.3, 0.4) is 0 Å². The zero-order chi connectivity index (χ0) is 19.2. The largest absolute Gasteiger partial charge is 0.492 e. The highest BCUT2D eigenvalue weighted by Gasteiger charge is 2.17. The van der Waals surface area contributed by atoms with Crippen LogP contribution in [-0.4, -0.2) is 18.4 Å². The summed E-state index contributed by atoms with van der Waals surface area (Å²) in [5.74, 6) is 0.845. The van der Waals surface area contributed by atoms with Crippen molar-refractivity contribution in [1.82, 2.24) is 5.32 Å². The first-order valence-corrected chi connectivity index (χ1v) is 9.91. The van der Waals surface area contributed by atoms with E-state index in [2.05, 4.69) is 32.6 Å². The number of para-hydroxylation sites is 1. The van der Waals surface area contributed by atoms with Crippen LogP contribution < -0.4 is 15.4 Å². The number of carbonyl (C=O) groups excluding carboxylic acids is 2. The monoisotopic (exact) mass is 430 g/mol. The quantitative estimate of drug-likeness (QED) is 0.640. The lowest BCUT2D eigenvalue weighted by molar-refractivity contribution is -0.122. The fraction of sp³-hybridized carbons (Fsp3) is 0.333. The number of hydrogen-bond donors (Lipinski definition) is 2. The maximum atomic E-state index is 12.2. The zero-order valence-corrected chi connectivity index (χ0v) is 16.8. The Hall–Kier alpha value is -2.34. The Kier molecular flexibility index (Phi) is 6.50. The first-order chi connectivity index (χ1) is 13.0. The highest BCUT2D eigenvalue weighted by atomic mass is 79.9. The SMILES string of the molecule is CC(NC(=O)CCCOc1ccccc1Br)c1ccc2c(c1)CCC(=O)N2. The van der Waals surface area contributed by atoms with Crippen molar-refractivity contribution in [3.63, 3.8) is 0 Å². The van der Waals surface area contributed by atoms with Crippen molar-refractivity contribution >= 4 is 33.4 Å². The molecule has 0 aromatic heterocycles. The van der Waals surface area contributed by atoms with Gasteiger partial charge in [-0.25, -0.2) is 0 Å². The molecule has 0 aliphatic carbocycles. The lowest BCUT2D eigenvalue weighted by Crippen LogP contribution is -2.27. The lowest BCUT2D eigenvalue weighted by atomic mass is 9.97. The molecule has 2 aromatic rings. The van der Waals surface area contributed by atoms with Gasteiger partial charge in [-0.05, 0) is 65.0 Å². The molecule has 0 bridgehead atoms. The van der Waals surface area contributed by atoms with Crippen molar-refractivity contribution in [2.45, 2.75) is 38.6 Å². The van der Waals surface area contributed by atoms with E-state index in [1.165, 1.54) is 0 Å². The minimum atomic E-state index is -0.0791. The molecule has 6 heteroatoms. The van der Waals surface area contributed by atoms with E-state index in [1.807, 2.05) is 43.3 Å². The van der Waals surface area contributed by atoms with E-state index in [1.54, 1.807) is 0 Å². The predicted molar refractivity (Wildman–Crippen MR) is 109 cm³/mol.